The van der Waals surface area contributed by atoms with Gasteiger partial charge in [-0.25, -0.2) is 0 Å². The van der Waals surface area contributed by atoms with Crippen LogP contribution in [-0.4, -0.2) is 8.07 Å². The van der Waals surface area contributed by atoms with E-state index in [4.69, 9.17) is 0 Å². The molecule has 0 bridgehead atoms. The van der Waals surface area contributed by atoms with Crippen LogP contribution in [0, 0.1) is 0 Å². The fourth-order valence-electron chi connectivity index (χ4n) is 6.30. The second kappa shape index (κ2) is 18.7. The second-order valence-electron chi connectivity index (χ2n) is 11.6. The van der Waals surface area contributed by atoms with Crippen LogP contribution in [0.15, 0.2) is 93.0 Å². The largest absolute Gasteiger partial charge is 1.00 e. The summed E-state index contributed by atoms with van der Waals surface area (Å²) in [4.78, 5) is 0. The monoisotopic (exact) mass is 672 g/mol. The zero-order valence-electron chi connectivity index (χ0n) is 26.1. The van der Waals surface area contributed by atoms with E-state index in [1.165, 1.54) is 105 Å². The summed E-state index contributed by atoms with van der Waals surface area (Å²) in [5, 5.41) is 6.27. The van der Waals surface area contributed by atoms with Gasteiger partial charge in [-0.15, -0.1) is 0 Å². The first-order chi connectivity index (χ1) is 18.9. The molecular weight excluding hydrogens is 627 g/mol. The maximum atomic E-state index is 2.50. The first kappa shape index (κ1) is 39.0. The first-order valence-electron chi connectivity index (χ1n) is 15.4. The third-order valence-electron chi connectivity index (χ3n) is 8.77. The van der Waals surface area contributed by atoms with Crippen molar-refractivity contribution in [2.24, 2.45) is 0 Å². The van der Waals surface area contributed by atoms with Crippen molar-refractivity contribution >= 4 is 23.6 Å². The third-order valence-corrected chi connectivity index (χ3v) is 15.1. The number of halogens is 3. The molecule has 0 aliphatic heterocycles. The molecule has 3 aromatic carbocycles. The summed E-state index contributed by atoms with van der Waals surface area (Å²) in [6.45, 7) is 11.6. The number of allylic oxidation sites excluding steroid dienone is 4. The van der Waals surface area contributed by atoms with Gasteiger partial charge in [-0.2, -0.15) is 0 Å². The Labute approximate surface area is 287 Å². The summed E-state index contributed by atoms with van der Waals surface area (Å²) in [6, 6.07) is 29.5. The van der Waals surface area contributed by atoms with E-state index >= 15 is 0 Å². The summed E-state index contributed by atoms with van der Waals surface area (Å²) >= 11 is 2.34. The first-order valence-corrected chi connectivity index (χ1v) is 18.1. The third kappa shape index (κ3) is 8.56. The Morgan fingerprint density at radius 3 is 1.10 bits per heavy atom. The Morgan fingerprint density at radius 2 is 0.857 bits per heavy atom. The molecule has 1 aliphatic rings. The van der Waals surface area contributed by atoms with Crippen LogP contribution in [0.25, 0.3) is 0 Å². The Hall–Kier alpha value is -1.06. The minimum absolute atomic E-state index is 0. The Bertz CT molecular complexity index is 1170. The Morgan fingerprint density at radius 1 is 0.548 bits per heavy atom. The molecule has 0 nitrogen and oxygen atoms in total. The van der Waals surface area contributed by atoms with Crippen molar-refractivity contribution in [1.82, 2.24) is 0 Å². The van der Waals surface area contributed by atoms with Gasteiger partial charge < -0.3 is 37.2 Å². The van der Waals surface area contributed by atoms with E-state index in [0.29, 0.717) is 0 Å². The molecule has 0 saturated carbocycles. The molecule has 0 radical (unpaired) electrons. The number of rotatable bonds is 13. The molecule has 3 aromatic rings. The topological polar surface area (TPSA) is 0 Å². The van der Waals surface area contributed by atoms with Gasteiger partial charge in [-0.05, 0) is 0 Å². The van der Waals surface area contributed by atoms with Gasteiger partial charge in [-0.3, -0.25) is 0 Å². The van der Waals surface area contributed by atoms with Gasteiger partial charge in [0.1, 0.15) is 0 Å². The van der Waals surface area contributed by atoms with E-state index in [2.05, 4.69) is 128 Å². The molecule has 0 atom stereocenters. The standard InChI is InChI=1S/C37H47Si.3ClH.Ti/c1-6-9-12-31-15-21-34(22-16-31)38(37-28-29(4)27-30(37)5,35-23-17-32(18-24-35)13-10-7-2)36-25-19-33(20-26-36)14-11-8-3;;;;/h15-26H,6-14,28H2,1-5H3;3*1H;/q;;;;+3/p-3. The van der Waals surface area contributed by atoms with Crippen LogP contribution in [0.2, 0.25) is 0 Å². The van der Waals surface area contributed by atoms with E-state index in [-0.39, 0.29) is 37.2 Å². The van der Waals surface area contributed by atoms with E-state index < -0.39 is 8.07 Å². The predicted octanol–water partition coefficient (Wildman–Crippen LogP) is -0.723. The smallest absolute Gasteiger partial charge is 1.00 e. The van der Waals surface area contributed by atoms with Gasteiger partial charge >= 0.3 is 253 Å². The van der Waals surface area contributed by atoms with Crippen LogP contribution < -0.4 is 52.8 Å². The SMILES string of the molecule is CCCCc1ccc([Si](C2=C(C)[C]([Ti+3])=C(C)C2)(c2ccc(CCCC)cc2)c2ccc(CCCC)cc2)cc1.[Cl-].[Cl-].[Cl-]. The van der Waals surface area contributed by atoms with E-state index in [0.717, 1.165) is 6.42 Å². The molecule has 0 saturated heterocycles. The summed E-state index contributed by atoms with van der Waals surface area (Å²) in [7, 11) is -2.46. The van der Waals surface area contributed by atoms with Crippen LogP contribution in [0.1, 0.15) is 96.3 Å². The fraction of sp³-hybridized carbons (Fsp3) is 0.405. The molecule has 224 valence electrons. The number of benzene rings is 3. The van der Waals surface area contributed by atoms with Crippen molar-refractivity contribution in [2.45, 2.75) is 98.8 Å². The maximum absolute atomic E-state index is 2.50. The Balaban J connectivity index is 0.00000294. The van der Waals surface area contributed by atoms with Crippen molar-refractivity contribution in [3.8, 4) is 0 Å². The summed E-state index contributed by atoms with van der Waals surface area (Å²) < 4.78 is 1.50. The van der Waals surface area contributed by atoms with Crippen molar-refractivity contribution in [1.29, 1.82) is 0 Å². The zero-order chi connectivity index (χ0) is 27.8. The molecule has 1 aliphatic carbocycles. The van der Waals surface area contributed by atoms with Crippen molar-refractivity contribution < 1.29 is 57.7 Å². The van der Waals surface area contributed by atoms with E-state index in [1.54, 1.807) is 5.20 Å². The fourth-order valence-corrected chi connectivity index (χ4v) is 12.1. The number of unbranched alkanes of at least 4 members (excludes halogenated alkanes) is 3. The number of hydrogen-bond donors (Lipinski definition) is 0. The average molecular weight is 674 g/mol. The minimum Gasteiger partial charge on any atom is -1.00 e. The van der Waals surface area contributed by atoms with Gasteiger partial charge in [0.2, 0.25) is 0 Å². The number of aryl methyl sites for hydroxylation is 3. The average Bonchev–Trinajstić information content (AvgIpc) is 3.23. The molecule has 0 unspecified atom stereocenters. The minimum atomic E-state index is -2.46. The molecule has 4 rings (SSSR count). The zero-order valence-corrected chi connectivity index (χ0v) is 31.0. The molecule has 0 spiro atoms. The van der Waals surface area contributed by atoms with Gasteiger partial charge in [0, 0.05) is 0 Å². The normalized spacial score (nSPS) is 13.0. The molecule has 0 fully saturated rings. The van der Waals surface area contributed by atoms with Crippen LogP contribution >= 0.6 is 0 Å². The van der Waals surface area contributed by atoms with Crippen LogP contribution in [-0.2, 0) is 39.7 Å². The summed E-state index contributed by atoms with van der Waals surface area (Å²) in [5.41, 5.74) is 7.47. The van der Waals surface area contributed by atoms with E-state index in [9.17, 15) is 0 Å². The van der Waals surface area contributed by atoms with Crippen LogP contribution in [0.4, 0.5) is 0 Å². The quantitative estimate of drug-likeness (QED) is 0.166. The Kier molecular flexibility index (Phi) is 17.3. The molecule has 0 heterocycles. The molecule has 0 aromatic heterocycles. The molecular formula is C37H47Cl3SiTi. The molecule has 0 amide bonds. The summed E-state index contributed by atoms with van der Waals surface area (Å²) in [6.07, 6.45) is 12.1. The van der Waals surface area contributed by atoms with E-state index in [1.807, 2.05) is 0 Å². The maximum Gasteiger partial charge on any atom is -1.00 e. The molecule has 0 N–H and O–H groups in total. The van der Waals surface area contributed by atoms with Gasteiger partial charge in [0.05, 0.1) is 0 Å². The second-order valence-corrected chi connectivity index (χ2v) is 16.2. The molecule has 5 heteroatoms. The van der Waals surface area contributed by atoms with Gasteiger partial charge in [-0.1, -0.05) is 0 Å². The van der Waals surface area contributed by atoms with Gasteiger partial charge in [0.25, 0.3) is 0 Å². The van der Waals surface area contributed by atoms with Gasteiger partial charge in [0.15, 0.2) is 0 Å². The summed E-state index contributed by atoms with van der Waals surface area (Å²) in [5.74, 6) is 0. The van der Waals surface area contributed by atoms with Crippen molar-refractivity contribution in [2.75, 3.05) is 0 Å². The van der Waals surface area contributed by atoms with Crippen molar-refractivity contribution in [3.63, 3.8) is 0 Å². The predicted molar refractivity (Wildman–Crippen MR) is 170 cm³/mol. The number of hydrogen-bond acceptors (Lipinski definition) is 0. The van der Waals surface area contributed by atoms with Crippen molar-refractivity contribution in [3.05, 3.63) is 110 Å². The van der Waals surface area contributed by atoms with Crippen LogP contribution in [0.5, 0.6) is 0 Å². The molecule has 42 heavy (non-hydrogen) atoms. The van der Waals surface area contributed by atoms with Crippen LogP contribution in [0.3, 0.4) is 0 Å².